The summed E-state index contributed by atoms with van der Waals surface area (Å²) in [5, 5.41) is 13.3. The fraction of sp³-hybridized carbons (Fsp3) is 0.385. The molecule has 90 valence electrons. The van der Waals surface area contributed by atoms with Crippen LogP contribution < -0.4 is 5.73 Å². The molecule has 0 amide bonds. The van der Waals surface area contributed by atoms with Gasteiger partial charge in [0, 0.05) is 12.0 Å². The van der Waals surface area contributed by atoms with Crippen LogP contribution >= 0.6 is 0 Å². The molecule has 17 heavy (non-hydrogen) atoms. The van der Waals surface area contributed by atoms with Crippen LogP contribution in [0.2, 0.25) is 0 Å². The van der Waals surface area contributed by atoms with Crippen molar-refractivity contribution >= 4 is 11.7 Å². The number of hydrazone groups is 1. The van der Waals surface area contributed by atoms with E-state index < -0.39 is 0 Å². The Bertz CT molecular complexity index is 462. The van der Waals surface area contributed by atoms with Crippen molar-refractivity contribution in [3.8, 4) is 0 Å². The molecule has 1 aliphatic rings. The average Bonchev–Trinajstić information content (AvgIpc) is 2.78. The second-order valence-corrected chi connectivity index (χ2v) is 4.55. The van der Waals surface area contributed by atoms with Crippen molar-refractivity contribution in [2.45, 2.75) is 26.2 Å². The lowest BCUT2D eigenvalue weighted by Crippen LogP contribution is -2.29. The maximum Gasteiger partial charge on any atom is 0.209 e. The molecule has 3 N–H and O–H groups in total. The standard InChI is InChI=1S/C13H18N4/c1-9(2)10-5-3-4-6-11(10)12-7-8-17(16-12)13(14)15/h3-6,9H,7-8H2,1-2H3,(H3,14,15). The third kappa shape index (κ3) is 2.30. The number of guanidine groups is 1. The first kappa shape index (κ1) is 11.6. The summed E-state index contributed by atoms with van der Waals surface area (Å²) >= 11 is 0. The molecule has 0 fully saturated rings. The van der Waals surface area contributed by atoms with Crippen LogP contribution in [-0.2, 0) is 0 Å². The van der Waals surface area contributed by atoms with Crippen LogP contribution in [0.25, 0.3) is 0 Å². The van der Waals surface area contributed by atoms with Crippen LogP contribution in [0.4, 0.5) is 0 Å². The Morgan fingerprint density at radius 1 is 1.41 bits per heavy atom. The molecule has 0 saturated carbocycles. The number of nitrogens with zero attached hydrogens (tertiary/aromatic N) is 2. The molecule has 0 aliphatic carbocycles. The zero-order valence-electron chi connectivity index (χ0n) is 10.3. The maximum atomic E-state index is 7.38. The van der Waals surface area contributed by atoms with Gasteiger partial charge in [-0.05, 0) is 11.5 Å². The molecule has 0 unspecified atom stereocenters. The van der Waals surface area contributed by atoms with Gasteiger partial charge in [0.05, 0.1) is 12.3 Å². The molecular formula is C13H18N4. The number of nitrogens with one attached hydrogen (secondary N) is 1. The second kappa shape index (κ2) is 4.57. The zero-order valence-corrected chi connectivity index (χ0v) is 10.3. The van der Waals surface area contributed by atoms with Crippen molar-refractivity contribution in [2.75, 3.05) is 6.54 Å². The SMILES string of the molecule is CC(C)c1ccccc1C1=NN(C(=N)N)CC1. The lowest BCUT2D eigenvalue weighted by molar-refractivity contribution is 0.482. The minimum Gasteiger partial charge on any atom is -0.369 e. The highest BCUT2D eigenvalue weighted by Crippen LogP contribution is 2.23. The topological polar surface area (TPSA) is 65.5 Å². The molecule has 1 aliphatic heterocycles. The highest BCUT2D eigenvalue weighted by atomic mass is 15.5. The van der Waals surface area contributed by atoms with Gasteiger partial charge < -0.3 is 5.73 Å². The van der Waals surface area contributed by atoms with E-state index in [1.54, 1.807) is 5.01 Å². The quantitative estimate of drug-likeness (QED) is 0.603. The molecule has 1 heterocycles. The average molecular weight is 230 g/mol. The van der Waals surface area contributed by atoms with Gasteiger partial charge in [0.2, 0.25) is 5.96 Å². The third-order valence-electron chi connectivity index (χ3n) is 2.97. The summed E-state index contributed by atoms with van der Waals surface area (Å²) < 4.78 is 0. The Hall–Kier alpha value is -1.84. The smallest absolute Gasteiger partial charge is 0.209 e. The van der Waals surface area contributed by atoms with Crippen LogP contribution in [0.5, 0.6) is 0 Å². The Balaban J connectivity index is 2.36. The summed E-state index contributed by atoms with van der Waals surface area (Å²) in [4.78, 5) is 0. The molecule has 0 bridgehead atoms. The first-order valence-electron chi connectivity index (χ1n) is 5.88. The molecule has 2 rings (SSSR count). The summed E-state index contributed by atoms with van der Waals surface area (Å²) in [6, 6.07) is 8.31. The fourth-order valence-corrected chi connectivity index (χ4v) is 2.08. The molecule has 0 aromatic heterocycles. The van der Waals surface area contributed by atoms with Crippen molar-refractivity contribution in [2.24, 2.45) is 10.8 Å². The largest absolute Gasteiger partial charge is 0.369 e. The number of rotatable bonds is 2. The highest BCUT2D eigenvalue weighted by Gasteiger charge is 2.20. The normalized spacial score (nSPS) is 15.2. The molecular weight excluding hydrogens is 212 g/mol. The Labute approximate surface area is 102 Å². The van der Waals surface area contributed by atoms with E-state index >= 15 is 0 Å². The summed E-state index contributed by atoms with van der Waals surface area (Å²) in [6.07, 6.45) is 0.851. The van der Waals surface area contributed by atoms with Gasteiger partial charge in [0.1, 0.15) is 0 Å². The third-order valence-corrected chi connectivity index (χ3v) is 2.97. The van der Waals surface area contributed by atoms with Crippen LogP contribution in [0, 0.1) is 5.41 Å². The molecule has 0 saturated heterocycles. The number of hydrogen-bond acceptors (Lipinski definition) is 2. The van der Waals surface area contributed by atoms with Crippen LogP contribution in [0.1, 0.15) is 37.3 Å². The van der Waals surface area contributed by atoms with E-state index in [4.69, 9.17) is 11.1 Å². The van der Waals surface area contributed by atoms with E-state index in [1.807, 2.05) is 6.07 Å². The van der Waals surface area contributed by atoms with Crippen molar-refractivity contribution in [3.63, 3.8) is 0 Å². The molecule has 4 heteroatoms. The first-order chi connectivity index (χ1) is 8.09. The Morgan fingerprint density at radius 3 is 2.71 bits per heavy atom. The van der Waals surface area contributed by atoms with Gasteiger partial charge in [-0.3, -0.25) is 5.41 Å². The van der Waals surface area contributed by atoms with Gasteiger partial charge in [0.25, 0.3) is 0 Å². The first-order valence-corrected chi connectivity index (χ1v) is 5.88. The summed E-state index contributed by atoms with van der Waals surface area (Å²) in [6.45, 7) is 5.06. The molecule has 0 spiro atoms. The Morgan fingerprint density at radius 2 is 2.12 bits per heavy atom. The lowest BCUT2D eigenvalue weighted by Gasteiger charge is -2.12. The predicted molar refractivity (Wildman–Crippen MR) is 70.3 cm³/mol. The van der Waals surface area contributed by atoms with Crippen molar-refractivity contribution < 1.29 is 0 Å². The maximum absolute atomic E-state index is 7.38. The molecule has 0 atom stereocenters. The van der Waals surface area contributed by atoms with E-state index in [2.05, 4.69) is 37.1 Å². The minimum atomic E-state index is 0.0158. The second-order valence-electron chi connectivity index (χ2n) is 4.55. The van der Waals surface area contributed by atoms with E-state index in [1.165, 1.54) is 11.1 Å². The number of hydrogen-bond donors (Lipinski definition) is 2. The summed E-state index contributed by atoms with van der Waals surface area (Å²) in [7, 11) is 0. The van der Waals surface area contributed by atoms with Crippen molar-refractivity contribution in [1.82, 2.24) is 5.01 Å². The van der Waals surface area contributed by atoms with Gasteiger partial charge in [-0.25, -0.2) is 5.01 Å². The Kier molecular flexibility index (Phi) is 3.13. The molecule has 4 nitrogen and oxygen atoms in total. The number of benzene rings is 1. The van der Waals surface area contributed by atoms with Gasteiger partial charge in [-0.2, -0.15) is 5.10 Å². The molecule has 0 radical (unpaired) electrons. The lowest BCUT2D eigenvalue weighted by atomic mass is 9.94. The fourth-order valence-electron chi connectivity index (χ4n) is 2.08. The predicted octanol–water partition coefficient (Wildman–Crippen LogP) is 2.11. The van der Waals surface area contributed by atoms with E-state index in [-0.39, 0.29) is 5.96 Å². The van der Waals surface area contributed by atoms with Gasteiger partial charge in [-0.15, -0.1) is 0 Å². The highest BCUT2D eigenvalue weighted by molar-refractivity contribution is 6.03. The number of nitrogens with two attached hydrogens (primary N) is 1. The van der Waals surface area contributed by atoms with Gasteiger partial charge >= 0.3 is 0 Å². The summed E-state index contributed by atoms with van der Waals surface area (Å²) in [5.41, 5.74) is 8.96. The van der Waals surface area contributed by atoms with Crippen molar-refractivity contribution in [3.05, 3.63) is 35.4 Å². The monoisotopic (exact) mass is 230 g/mol. The minimum absolute atomic E-state index is 0.0158. The van der Waals surface area contributed by atoms with Gasteiger partial charge in [-0.1, -0.05) is 38.1 Å². The van der Waals surface area contributed by atoms with Gasteiger partial charge in [0.15, 0.2) is 0 Å². The van der Waals surface area contributed by atoms with E-state index in [0.717, 1.165) is 12.1 Å². The van der Waals surface area contributed by atoms with Crippen LogP contribution in [-0.4, -0.2) is 23.2 Å². The van der Waals surface area contributed by atoms with E-state index in [9.17, 15) is 0 Å². The van der Waals surface area contributed by atoms with Crippen molar-refractivity contribution in [1.29, 1.82) is 5.41 Å². The van der Waals surface area contributed by atoms with Crippen LogP contribution in [0.3, 0.4) is 0 Å². The zero-order chi connectivity index (χ0) is 12.4. The molecule has 1 aromatic carbocycles. The van der Waals surface area contributed by atoms with Crippen LogP contribution in [0.15, 0.2) is 29.4 Å². The van der Waals surface area contributed by atoms with E-state index in [0.29, 0.717) is 12.5 Å². The molecule has 1 aromatic rings. The summed E-state index contributed by atoms with van der Waals surface area (Å²) in [5.74, 6) is 0.488.